The van der Waals surface area contributed by atoms with E-state index in [1.165, 1.54) is 6.08 Å². The molecule has 116 valence electrons. The Kier molecular flexibility index (Phi) is 4.44. The summed E-state index contributed by atoms with van der Waals surface area (Å²) in [6.07, 6.45) is 2.39. The molecular weight excluding hydrogens is 314 g/mol. The maximum absolute atomic E-state index is 12.4. The van der Waals surface area contributed by atoms with E-state index in [1.807, 2.05) is 30.3 Å². The van der Waals surface area contributed by atoms with Crippen molar-refractivity contribution in [3.63, 3.8) is 0 Å². The molecule has 1 atom stereocenters. The average molecular weight is 328 g/mol. The maximum Gasteiger partial charge on any atom is 0.417 e. The van der Waals surface area contributed by atoms with Crippen molar-refractivity contribution in [3.8, 4) is 0 Å². The van der Waals surface area contributed by atoms with Crippen LogP contribution in [0.3, 0.4) is 0 Å². The Morgan fingerprint density at radius 2 is 1.83 bits per heavy atom. The molecule has 2 amide bonds. The first-order valence-electron chi connectivity index (χ1n) is 7.14. The zero-order valence-electron chi connectivity index (χ0n) is 12.2. The van der Waals surface area contributed by atoms with Crippen molar-refractivity contribution in [1.29, 1.82) is 0 Å². The van der Waals surface area contributed by atoms with Gasteiger partial charge in [-0.3, -0.25) is 4.79 Å². The molecule has 1 aliphatic heterocycles. The van der Waals surface area contributed by atoms with Gasteiger partial charge in [-0.1, -0.05) is 54.1 Å². The van der Waals surface area contributed by atoms with Crippen LogP contribution in [0.4, 0.5) is 4.79 Å². The first-order chi connectivity index (χ1) is 11.1. The molecule has 0 spiro atoms. The highest BCUT2D eigenvalue weighted by Crippen LogP contribution is 2.28. The monoisotopic (exact) mass is 327 g/mol. The second-order valence-electron chi connectivity index (χ2n) is 5.10. The normalized spacial score (nSPS) is 17.5. The van der Waals surface area contributed by atoms with Crippen molar-refractivity contribution < 1.29 is 14.3 Å². The summed E-state index contributed by atoms with van der Waals surface area (Å²) >= 11 is 5.82. The summed E-state index contributed by atoms with van der Waals surface area (Å²) in [5.74, 6) is -0.406. The van der Waals surface area contributed by atoms with Gasteiger partial charge < -0.3 is 4.74 Å². The van der Waals surface area contributed by atoms with Gasteiger partial charge in [0.25, 0.3) is 5.91 Å². The first-order valence-corrected chi connectivity index (χ1v) is 7.51. The molecule has 0 aliphatic carbocycles. The average Bonchev–Trinajstić information content (AvgIpc) is 2.96. The van der Waals surface area contributed by atoms with Crippen molar-refractivity contribution in [2.75, 3.05) is 6.61 Å². The summed E-state index contributed by atoms with van der Waals surface area (Å²) < 4.78 is 5.04. The zero-order valence-corrected chi connectivity index (χ0v) is 12.9. The number of benzene rings is 2. The number of ether oxygens (including phenoxy) is 1. The number of amides is 2. The predicted molar refractivity (Wildman–Crippen MR) is 87.9 cm³/mol. The van der Waals surface area contributed by atoms with Crippen LogP contribution in [0, 0.1) is 0 Å². The third kappa shape index (κ3) is 3.43. The summed E-state index contributed by atoms with van der Waals surface area (Å²) in [7, 11) is 0. The summed E-state index contributed by atoms with van der Waals surface area (Å²) in [5, 5.41) is 0.626. The Morgan fingerprint density at radius 3 is 2.52 bits per heavy atom. The lowest BCUT2D eigenvalue weighted by Gasteiger charge is -2.18. The van der Waals surface area contributed by atoms with Crippen molar-refractivity contribution >= 4 is 29.7 Å². The smallest absolute Gasteiger partial charge is 0.417 e. The summed E-state index contributed by atoms with van der Waals surface area (Å²) in [6.45, 7) is 0.170. The fourth-order valence-electron chi connectivity index (χ4n) is 2.41. The largest absolute Gasteiger partial charge is 0.446 e. The second-order valence-corrected chi connectivity index (χ2v) is 5.53. The lowest BCUT2D eigenvalue weighted by atomic mass is 10.1. The van der Waals surface area contributed by atoms with Gasteiger partial charge in [-0.25, -0.2) is 9.69 Å². The number of nitrogens with zero attached hydrogens (tertiary/aromatic N) is 1. The molecule has 1 heterocycles. The molecule has 1 aliphatic rings. The molecule has 1 saturated heterocycles. The van der Waals surface area contributed by atoms with E-state index in [0.29, 0.717) is 5.02 Å². The lowest BCUT2D eigenvalue weighted by molar-refractivity contribution is -0.124. The Bertz CT molecular complexity index is 741. The minimum atomic E-state index is -0.621. The predicted octanol–water partition coefficient (Wildman–Crippen LogP) is 4.07. The highest BCUT2D eigenvalue weighted by atomic mass is 35.5. The number of hydrogen-bond donors (Lipinski definition) is 0. The van der Waals surface area contributed by atoms with E-state index in [2.05, 4.69) is 0 Å². The molecule has 0 unspecified atom stereocenters. The van der Waals surface area contributed by atoms with Crippen LogP contribution in [0.1, 0.15) is 17.2 Å². The minimum absolute atomic E-state index is 0.170. The number of hydrogen-bond acceptors (Lipinski definition) is 3. The minimum Gasteiger partial charge on any atom is -0.446 e. The molecule has 3 rings (SSSR count). The Balaban J connectivity index is 1.79. The van der Waals surface area contributed by atoms with Gasteiger partial charge in [-0.15, -0.1) is 0 Å². The maximum atomic E-state index is 12.4. The van der Waals surface area contributed by atoms with E-state index >= 15 is 0 Å². The number of halogens is 1. The molecular formula is C18H14ClNO3. The molecule has 0 aromatic heterocycles. The molecule has 0 bridgehead atoms. The van der Waals surface area contributed by atoms with Gasteiger partial charge in [-0.2, -0.15) is 0 Å². The van der Waals surface area contributed by atoms with Crippen LogP contribution in [0.5, 0.6) is 0 Å². The fraction of sp³-hybridized carbons (Fsp3) is 0.111. The van der Waals surface area contributed by atoms with Gasteiger partial charge in [0.15, 0.2) is 0 Å². The number of cyclic esters (lactones) is 1. The van der Waals surface area contributed by atoms with Crippen LogP contribution in [0.2, 0.25) is 5.02 Å². The van der Waals surface area contributed by atoms with Crippen LogP contribution < -0.4 is 0 Å². The van der Waals surface area contributed by atoms with Gasteiger partial charge in [0.1, 0.15) is 12.6 Å². The molecule has 2 aromatic rings. The van der Waals surface area contributed by atoms with E-state index < -0.39 is 18.0 Å². The molecule has 23 heavy (non-hydrogen) atoms. The molecule has 5 heteroatoms. The van der Waals surface area contributed by atoms with E-state index in [0.717, 1.165) is 16.0 Å². The lowest BCUT2D eigenvalue weighted by Crippen LogP contribution is -2.32. The van der Waals surface area contributed by atoms with Gasteiger partial charge in [0.05, 0.1) is 0 Å². The molecule has 0 saturated carbocycles. The van der Waals surface area contributed by atoms with Crippen LogP contribution >= 0.6 is 11.6 Å². The molecule has 0 radical (unpaired) electrons. The number of rotatable bonds is 3. The third-order valence-electron chi connectivity index (χ3n) is 3.58. The third-order valence-corrected chi connectivity index (χ3v) is 3.84. The van der Waals surface area contributed by atoms with Crippen molar-refractivity contribution in [1.82, 2.24) is 4.90 Å². The molecule has 1 fully saturated rings. The van der Waals surface area contributed by atoms with E-state index in [9.17, 15) is 9.59 Å². The van der Waals surface area contributed by atoms with Crippen LogP contribution in [-0.2, 0) is 9.53 Å². The topological polar surface area (TPSA) is 46.6 Å². The number of carbonyl (C=O) groups excluding carboxylic acids is 2. The summed E-state index contributed by atoms with van der Waals surface area (Å²) in [6, 6.07) is 16.0. The summed E-state index contributed by atoms with van der Waals surface area (Å²) in [5.41, 5.74) is 1.69. The van der Waals surface area contributed by atoms with E-state index in [4.69, 9.17) is 16.3 Å². The second kappa shape index (κ2) is 6.67. The zero-order chi connectivity index (χ0) is 16.2. The van der Waals surface area contributed by atoms with Crippen molar-refractivity contribution in [2.24, 2.45) is 0 Å². The van der Waals surface area contributed by atoms with Gasteiger partial charge in [0, 0.05) is 11.1 Å². The van der Waals surface area contributed by atoms with Gasteiger partial charge in [-0.05, 0) is 29.3 Å². The van der Waals surface area contributed by atoms with Crippen LogP contribution in [-0.4, -0.2) is 23.5 Å². The fourth-order valence-corrected chi connectivity index (χ4v) is 2.53. The molecule has 4 nitrogen and oxygen atoms in total. The van der Waals surface area contributed by atoms with E-state index in [1.54, 1.807) is 30.3 Å². The quantitative estimate of drug-likeness (QED) is 0.798. The summed E-state index contributed by atoms with van der Waals surface area (Å²) in [4.78, 5) is 25.4. The SMILES string of the molecule is O=C(C=Cc1ccc(Cl)cc1)N1C(=O)OC[C@H]1c1ccccc1. The van der Waals surface area contributed by atoms with Crippen molar-refractivity contribution in [2.45, 2.75) is 6.04 Å². The highest BCUT2D eigenvalue weighted by molar-refractivity contribution is 6.30. The van der Waals surface area contributed by atoms with Gasteiger partial charge >= 0.3 is 6.09 Å². The Labute approximate surface area is 138 Å². The molecule has 2 aromatic carbocycles. The highest BCUT2D eigenvalue weighted by Gasteiger charge is 2.37. The van der Waals surface area contributed by atoms with Crippen LogP contribution in [0.15, 0.2) is 60.7 Å². The number of imide groups is 1. The Morgan fingerprint density at radius 1 is 1.13 bits per heavy atom. The van der Waals surface area contributed by atoms with E-state index in [-0.39, 0.29) is 6.61 Å². The standard InChI is InChI=1S/C18H14ClNO3/c19-15-9-6-13(7-10-15)8-11-17(21)20-16(12-23-18(20)22)14-4-2-1-3-5-14/h1-11,16H,12H2/t16-/m0/s1. The first kappa shape index (κ1) is 15.3. The number of carbonyl (C=O) groups is 2. The van der Waals surface area contributed by atoms with Crippen LogP contribution in [0.25, 0.3) is 6.08 Å². The van der Waals surface area contributed by atoms with Crippen molar-refractivity contribution in [3.05, 3.63) is 76.8 Å². The Hall–Kier alpha value is -2.59. The van der Waals surface area contributed by atoms with Gasteiger partial charge in [0.2, 0.25) is 0 Å². The molecule has 0 N–H and O–H groups in total.